The van der Waals surface area contributed by atoms with E-state index in [1.165, 1.54) is 31.2 Å². The van der Waals surface area contributed by atoms with Gasteiger partial charge < -0.3 is 4.74 Å². The molecule has 2 rings (SSSR count). The lowest BCUT2D eigenvalue weighted by Gasteiger charge is -2.12. The number of hydrogen-bond donors (Lipinski definition) is 0. The van der Waals surface area contributed by atoms with Crippen LogP contribution < -0.4 is 0 Å². The van der Waals surface area contributed by atoms with Crippen LogP contribution in [-0.2, 0) is 4.74 Å². The molecule has 0 saturated carbocycles. The Kier molecular flexibility index (Phi) is 4.90. The monoisotopic (exact) mass is 295 g/mol. The van der Waals surface area contributed by atoms with Gasteiger partial charge in [0.15, 0.2) is 6.10 Å². The molecular weight excluding hydrogens is 282 g/mol. The zero-order valence-electron chi connectivity index (χ0n) is 11.8. The Morgan fingerprint density at radius 1 is 1.05 bits per heavy atom. The summed E-state index contributed by atoms with van der Waals surface area (Å²) in [6.45, 7) is 1.53. The van der Waals surface area contributed by atoms with Gasteiger partial charge in [0.05, 0.1) is 5.56 Å². The second-order valence-electron chi connectivity index (χ2n) is 4.51. The predicted octanol–water partition coefficient (Wildman–Crippen LogP) is 4.06. The van der Waals surface area contributed by atoms with Crippen LogP contribution in [0.2, 0.25) is 0 Å². The number of esters is 1. The van der Waals surface area contributed by atoms with Gasteiger partial charge in [-0.15, -0.1) is 0 Å². The molecule has 1 unspecified atom stereocenters. The van der Waals surface area contributed by atoms with Crippen molar-refractivity contribution in [3.05, 3.63) is 76.2 Å². The molecule has 6 nitrogen and oxygen atoms in total. The molecule has 2 aromatic rings. The summed E-state index contributed by atoms with van der Waals surface area (Å²) in [6.07, 6.45) is -0.883. The van der Waals surface area contributed by atoms with Crippen LogP contribution in [0.5, 0.6) is 0 Å². The van der Waals surface area contributed by atoms with Crippen LogP contribution in [-0.4, -0.2) is 17.9 Å². The first kappa shape index (κ1) is 15.3. The zero-order chi connectivity index (χ0) is 15.9. The smallest absolute Gasteiger partial charge is 0.338 e. The van der Waals surface area contributed by atoms with Gasteiger partial charge >= 0.3 is 5.97 Å². The Hall–Kier alpha value is -3.11. The number of Topliss-reactive ketones (excluding diaryl/α,β-unsaturated/α-hetero) is 1. The third kappa shape index (κ3) is 3.71. The summed E-state index contributed by atoms with van der Waals surface area (Å²) in [4.78, 5) is 26.8. The van der Waals surface area contributed by atoms with Gasteiger partial charge in [0.2, 0.25) is 5.78 Å². The molecule has 2 aromatic carbocycles. The minimum atomic E-state index is -0.883. The van der Waals surface area contributed by atoms with Gasteiger partial charge in [-0.1, -0.05) is 47.6 Å². The Morgan fingerprint density at radius 3 is 2.27 bits per heavy atom. The molecule has 0 amide bonds. The number of azide groups is 1. The van der Waals surface area contributed by atoms with Crippen molar-refractivity contribution in [1.29, 1.82) is 0 Å². The highest BCUT2D eigenvalue weighted by Gasteiger charge is 2.20. The van der Waals surface area contributed by atoms with E-state index in [1.54, 1.807) is 30.3 Å². The standard InChI is InChI=1S/C16H13N3O3/c1-11(15(20)12-5-3-2-4-6-12)22-16(21)13-7-9-14(10-8-13)18-19-17/h2-11H,1H3. The SMILES string of the molecule is CC(OC(=O)c1ccc(N=[N+]=[N-])cc1)C(=O)c1ccccc1. The first-order valence-electron chi connectivity index (χ1n) is 6.57. The second-order valence-corrected chi connectivity index (χ2v) is 4.51. The van der Waals surface area contributed by atoms with E-state index in [1.807, 2.05) is 0 Å². The van der Waals surface area contributed by atoms with E-state index in [9.17, 15) is 9.59 Å². The molecule has 0 saturated heterocycles. The average molecular weight is 295 g/mol. The van der Waals surface area contributed by atoms with Gasteiger partial charge in [-0.3, -0.25) is 4.79 Å². The van der Waals surface area contributed by atoms with E-state index in [2.05, 4.69) is 10.0 Å². The van der Waals surface area contributed by atoms with Gasteiger partial charge in [0.1, 0.15) is 0 Å². The van der Waals surface area contributed by atoms with Gasteiger partial charge in [0, 0.05) is 16.2 Å². The molecule has 0 aliphatic carbocycles. The fourth-order valence-electron chi connectivity index (χ4n) is 1.84. The van der Waals surface area contributed by atoms with Gasteiger partial charge in [-0.05, 0) is 24.6 Å². The number of carbonyl (C=O) groups is 2. The Balaban J connectivity index is 2.04. The number of ketones is 1. The van der Waals surface area contributed by atoms with Crippen LogP contribution in [0.15, 0.2) is 59.7 Å². The van der Waals surface area contributed by atoms with E-state index in [0.717, 1.165) is 0 Å². The lowest BCUT2D eigenvalue weighted by Crippen LogP contribution is -2.24. The van der Waals surface area contributed by atoms with Crippen molar-refractivity contribution >= 4 is 17.4 Å². The van der Waals surface area contributed by atoms with E-state index >= 15 is 0 Å². The molecule has 110 valence electrons. The van der Waals surface area contributed by atoms with E-state index in [0.29, 0.717) is 11.3 Å². The van der Waals surface area contributed by atoms with Crippen LogP contribution >= 0.6 is 0 Å². The van der Waals surface area contributed by atoms with Gasteiger partial charge in [0.25, 0.3) is 0 Å². The summed E-state index contributed by atoms with van der Waals surface area (Å²) in [7, 11) is 0. The summed E-state index contributed by atoms with van der Waals surface area (Å²) < 4.78 is 5.16. The Bertz CT molecular complexity index is 720. The number of rotatable bonds is 5. The highest BCUT2D eigenvalue weighted by atomic mass is 16.5. The van der Waals surface area contributed by atoms with Crippen molar-refractivity contribution in [2.24, 2.45) is 5.11 Å². The van der Waals surface area contributed by atoms with Crippen LogP contribution in [0, 0.1) is 0 Å². The minimum Gasteiger partial charge on any atom is -0.451 e. The molecule has 0 heterocycles. The van der Waals surface area contributed by atoms with Crippen molar-refractivity contribution in [2.75, 3.05) is 0 Å². The normalized spacial score (nSPS) is 11.1. The summed E-state index contributed by atoms with van der Waals surface area (Å²) in [5.74, 6) is -0.871. The van der Waals surface area contributed by atoms with E-state index in [-0.39, 0.29) is 11.3 Å². The van der Waals surface area contributed by atoms with Crippen LogP contribution in [0.3, 0.4) is 0 Å². The quantitative estimate of drug-likeness (QED) is 0.274. The number of ether oxygens (including phenoxy) is 1. The maximum Gasteiger partial charge on any atom is 0.338 e. The van der Waals surface area contributed by atoms with Gasteiger partial charge in [-0.25, -0.2) is 4.79 Å². The minimum absolute atomic E-state index is 0.264. The maximum atomic E-state index is 12.1. The zero-order valence-corrected chi connectivity index (χ0v) is 11.8. The number of nitrogens with zero attached hydrogens (tertiary/aromatic N) is 3. The number of benzene rings is 2. The molecule has 0 aliphatic heterocycles. The van der Waals surface area contributed by atoms with Crippen LogP contribution in [0.25, 0.3) is 10.4 Å². The third-order valence-electron chi connectivity index (χ3n) is 2.97. The Morgan fingerprint density at radius 2 is 1.68 bits per heavy atom. The van der Waals surface area contributed by atoms with Crippen molar-refractivity contribution in [3.63, 3.8) is 0 Å². The average Bonchev–Trinajstić information content (AvgIpc) is 2.55. The first-order chi connectivity index (χ1) is 10.6. The number of hydrogen-bond acceptors (Lipinski definition) is 4. The fourth-order valence-corrected chi connectivity index (χ4v) is 1.84. The lowest BCUT2D eigenvalue weighted by atomic mass is 10.1. The van der Waals surface area contributed by atoms with Crippen LogP contribution in [0.1, 0.15) is 27.6 Å². The lowest BCUT2D eigenvalue weighted by molar-refractivity contribution is 0.0319. The summed E-state index contributed by atoms with van der Waals surface area (Å²) in [5, 5.41) is 3.41. The summed E-state index contributed by atoms with van der Waals surface area (Å²) >= 11 is 0. The topological polar surface area (TPSA) is 92.1 Å². The van der Waals surface area contributed by atoms with Crippen molar-refractivity contribution in [1.82, 2.24) is 0 Å². The fraction of sp³-hybridized carbons (Fsp3) is 0.125. The maximum absolute atomic E-state index is 12.1. The molecule has 0 fully saturated rings. The summed E-state index contributed by atoms with van der Waals surface area (Å²) in [6, 6.07) is 14.6. The predicted molar refractivity (Wildman–Crippen MR) is 80.9 cm³/mol. The molecule has 22 heavy (non-hydrogen) atoms. The first-order valence-corrected chi connectivity index (χ1v) is 6.57. The van der Waals surface area contributed by atoms with Crippen LogP contribution in [0.4, 0.5) is 5.69 Å². The largest absolute Gasteiger partial charge is 0.451 e. The molecule has 6 heteroatoms. The molecule has 1 atom stereocenters. The number of carbonyl (C=O) groups excluding carboxylic acids is 2. The molecular formula is C16H13N3O3. The molecule has 0 bridgehead atoms. The van der Waals surface area contributed by atoms with Crippen molar-refractivity contribution in [2.45, 2.75) is 13.0 Å². The second kappa shape index (κ2) is 7.06. The highest BCUT2D eigenvalue weighted by molar-refractivity contribution is 6.01. The molecule has 0 N–H and O–H groups in total. The molecule has 0 spiro atoms. The summed E-state index contributed by atoms with van der Waals surface area (Å²) in [5.41, 5.74) is 9.48. The Labute approximate surface area is 127 Å². The van der Waals surface area contributed by atoms with E-state index in [4.69, 9.17) is 10.3 Å². The molecule has 0 aromatic heterocycles. The van der Waals surface area contributed by atoms with Crippen molar-refractivity contribution in [3.8, 4) is 0 Å². The molecule has 0 aliphatic rings. The van der Waals surface area contributed by atoms with Gasteiger partial charge in [-0.2, -0.15) is 0 Å². The highest BCUT2D eigenvalue weighted by Crippen LogP contribution is 2.15. The third-order valence-corrected chi connectivity index (χ3v) is 2.97. The molecule has 0 radical (unpaired) electrons. The van der Waals surface area contributed by atoms with Crippen molar-refractivity contribution < 1.29 is 14.3 Å². The van der Waals surface area contributed by atoms with E-state index < -0.39 is 12.1 Å².